The molecule has 0 spiro atoms. The van der Waals surface area contributed by atoms with E-state index in [1.54, 1.807) is 48.2 Å². The number of H-pyrrole nitrogens is 2. The van der Waals surface area contributed by atoms with E-state index in [0.717, 1.165) is 33.8 Å². The van der Waals surface area contributed by atoms with E-state index in [1.807, 2.05) is 18.2 Å². The number of benzene rings is 2. The number of aromatic amines is 2. The first-order valence-corrected chi connectivity index (χ1v) is 14.1. The minimum atomic E-state index is -0.540. The Bertz CT molecular complexity index is 1950. The molecule has 17 nitrogen and oxygen atoms in total. The summed E-state index contributed by atoms with van der Waals surface area (Å²) in [5.41, 5.74) is 18.2. The molecule has 0 fully saturated rings. The van der Waals surface area contributed by atoms with Gasteiger partial charge in [-0.15, -0.1) is 0 Å². The average molecular weight is 648 g/mol. The number of hydrogen-bond acceptors (Lipinski definition) is 14. The van der Waals surface area contributed by atoms with E-state index in [4.69, 9.17) is 21.4 Å². The predicted molar refractivity (Wildman–Crippen MR) is 173 cm³/mol. The van der Waals surface area contributed by atoms with Gasteiger partial charge in [-0.05, 0) is 35.4 Å². The number of aromatic nitrogens is 10. The third kappa shape index (κ3) is 8.43. The summed E-state index contributed by atoms with van der Waals surface area (Å²) in [5, 5.41) is 8.63. The van der Waals surface area contributed by atoms with Crippen LogP contribution in [0.5, 0.6) is 0 Å². The predicted octanol–water partition coefficient (Wildman–Crippen LogP) is 2.43. The molecule has 0 saturated heterocycles. The van der Waals surface area contributed by atoms with Gasteiger partial charge in [-0.25, -0.2) is 50.1 Å². The molecule has 0 aliphatic heterocycles. The van der Waals surface area contributed by atoms with Crippen LogP contribution in [0.25, 0.3) is 22.3 Å². The number of carbonyl (C=O) groups is 2. The van der Waals surface area contributed by atoms with Gasteiger partial charge in [-0.3, -0.25) is 10.0 Å². The molecule has 7 rings (SSSR count). The van der Waals surface area contributed by atoms with E-state index in [-0.39, 0.29) is 5.97 Å². The molecule has 0 atom stereocenters. The van der Waals surface area contributed by atoms with Crippen molar-refractivity contribution in [3.63, 3.8) is 0 Å². The van der Waals surface area contributed by atoms with Gasteiger partial charge in [-0.2, -0.15) is 0 Å². The summed E-state index contributed by atoms with van der Waals surface area (Å²) in [7, 11) is 1.37. The number of nitrogens with two attached hydrogens (primary N) is 2. The summed E-state index contributed by atoms with van der Waals surface area (Å²) in [6, 6.07) is 14.2. The molecule has 0 saturated carbocycles. The molecule has 8 N–H and O–H groups in total. The smallest absolute Gasteiger partial charge is 0.337 e. The van der Waals surface area contributed by atoms with Crippen LogP contribution in [0, 0.1) is 0 Å². The first kappa shape index (κ1) is 32.5. The van der Waals surface area contributed by atoms with Crippen molar-refractivity contribution < 1.29 is 19.5 Å². The van der Waals surface area contributed by atoms with Gasteiger partial charge in [-0.1, -0.05) is 24.3 Å². The van der Waals surface area contributed by atoms with Gasteiger partial charge < -0.3 is 26.2 Å². The highest BCUT2D eigenvalue weighted by Crippen LogP contribution is 2.14. The topological polar surface area (TPSA) is 262 Å². The van der Waals surface area contributed by atoms with Crippen molar-refractivity contribution >= 4 is 45.7 Å². The number of imidazole rings is 2. The van der Waals surface area contributed by atoms with Gasteiger partial charge in [0.25, 0.3) is 5.91 Å². The second-order valence-electron chi connectivity index (χ2n) is 9.94. The van der Waals surface area contributed by atoms with Crippen LogP contribution in [-0.2, 0) is 17.6 Å². The Morgan fingerprint density at radius 1 is 0.771 bits per heavy atom. The second kappa shape index (κ2) is 15.4. The van der Waals surface area contributed by atoms with Gasteiger partial charge in [0.15, 0.2) is 11.3 Å². The van der Waals surface area contributed by atoms with Gasteiger partial charge >= 0.3 is 5.97 Å². The van der Waals surface area contributed by atoms with E-state index >= 15 is 0 Å². The maximum Gasteiger partial charge on any atom is 0.337 e. The Morgan fingerprint density at radius 2 is 1.29 bits per heavy atom. The zero-order valence-electron chi connectivity index (χ0n) is 25.4. The number of anilines is 2. The third-order valence-corrected chi connectivity index (χ3v) is 6.58. The van der Waals surface area contributed by atoms with E-state index < -0.39 is 5.91 Å². The quantitative estimate of drug-likeness (QED) is 0.0860. The molecule has 48 heavy (non-hydrogen) atoms. The molecule has 0 aliphatic carbocycles. The first-order chi connectivity index (χ1) is 23.3. The van der Waals surface area contributed by atoms with Crippen LogP contribution in [0.1, 0.15) is 43.5 Å². The summed E-state index contributed by atoms with van der Waals surface area (Å²) in [4.78, 5) is 61.1. The molecule has 1 amide bonds. The molecule has 2 aromatic carbocycles. The summed E-state index contributed by atoms with van der Waals surface area (Å²) in [5.74, 6) is 0.967. The Labute approximate surface area is 271 Å². The molecule has 0 unspecified atom stereocenters. The van der Waals surface area contributed by atoms with Gasteiger partial charge in [0.2, 0.25) is 0 Å². The summed E-state index contributed by atoms with van der Waals surface area (Å²) >= 11 is 0. The Kier molecular flexibility index (Phi) is 10.4. The van der Waals surface area contributed by atoms with Crippen molar-refractivity contribution in [1.29, 1.82) is 0 Å². The summed E-state index contributed by atoms with van der Waals surface area (Å²) in [6.07, 6.45) is 10.2. The highest BCUT2D eigenvalue weighted by atomic mass is 16.5. The first-order valence-electron chi connectivity index (χ1n) is 14.1. The van der Waals surface area contributed by atoms with Crippen LogP contribution in [-0.4, -0.2) is 74.0 Å². The zero-order chi connectivity index (χ0) is 33.9. The number of nitrogens with one attached hydrogen (secondary N) is 3. The van der Waals surface area contributed by atoms with Crippen molar-refractivity contribution in [2.24, 2.45) is 0 Å². The van der Waals surface area contributed by atoms with Crippen LogP contribution in [0.2, 0.25) is 0 Å². The molecule has 0 aliphatic rings. The number of esters is 1. The number of carbonyl (C=O) groups excluding carboxylic acids is 2. The van der Waals surface area contributed by atoms with Crippen LogP contribution < -0.4 is 16.9 Å². The van der Waals surface area contributed by atoms with Crippen molar-refractivity contribution in [3.8, 4) is 0 Å². The second-order valence-corrected chi connectivity index (χ2v) is 9.94. The Hall–Kier alpha value is -6.88. The fourth-order valence-electron chi connectivity index (χ4n) is 4.34. The molecule has 0 bridgehead atoms. The molecule has 17 heteroatoms. The molecule has 7 aromatic rings. The molecule has 0 radical (unpaired) electrons. The normalized spacial score (nSPS) is 10.4. The van der Waals surface area contributed by atoms with Gasteiger partial charge in [0.05, 0.1) is 37.0 Å². The van der Waals surface area contributed by atoms with Gasteiger partial charge in [0.1, 0.15) is 47.5 Å². The van der Waals surface area contributed by atoms with Crippen molar-refractivity contribution in [3.05, 3.63) is 120 Å². The number of methoxy groups -OCH3 is 1. The standard InChI is InChI=1S/C14H12N4O2.C13H11N5O2.C4H6N4/c1-20-14(19)10-4-2-3-9(5-10)6-12-17-11-7-15-8-16-13(11)18-12;19-13(18-20)9-3-1-2-8(4-9)5-11-16-10-6-14-7-15-12(10)17-11;5-3-1-7-2-8-4(3)6/h2-5,7-8H,6H2,1H3,(H,15,16,17,18);1-4,6-7,20H,5H2,(H,18,19)(H,14,15,16,17);1-2H,5H2,(H2,6,7,8). The number of nitrogen functional groups attached to an aromatic ring is 2. The lowest BCUT2D eigenvalue weighted by Crippen LogP contribution is -2.18. The Balaban J connectivity index is 0.000000154. The highest BCUT2D eigenvalue weighted by Gasteiger charge is 2.10. The maximum atomic E-state index is 11.5. The lowest BCUT2D eigenvalue weighted by atomic mass is 10.1. The SMILES string of the molecule is COC(=O)c1cccc(Cc2nc3ncncc3[nH]2)c1.Nc1cncnc1N.O=C(NO)c1cccc(Cc2nc3ncncc3[nH]2)c1. The van der Waals surface area contributed by atoms with Crippen LogP contribution >= 0.6 is 0 Å². The number of hydrogen-bond donors (Lipinski definition) is 6. The van der Waals surface area contributed by atoms with Gasteiger partial charge in [0, 0.05) is 18.4 Å². The number of amides is 1. The number of hydroxylamine groups is 1. The lowest BCUT2D eigenvalue weighted by molar-refractivity contribution is 0.0600. The summed E-state index contributed by atoms with van der Waals surface area (Å²) in [6.45, 7) is 0. The number of nitrogens with zero attached hydrogens (tertiary/aromatic N) is 8. The number of rotatable bonds is 6. The molecule has 5 heterocycles. The van der Waals surface area contributed by atoms with E-state index in [2.05, 4.69) is 49.8 Å². The number of fused-ring (bicyclic) bond motifs is 2. The van der Waals surface area contributed by atoms with E-state index in [1.165, 1.54) is 32.3 Å². The van der Waals surface area contributed by atoms with E-state index in [0.29, 0.717) is 46.8 Å². The average Bonchev–Trinajstić information content (AvgIpc) is 3.72. The highest BCUT2D eigenvalue weighted by molar-refractivity contribution is 5.93. The zero-order valence-corrected chi connectivity index (χ0v) is 25.4. The van der Waals surface area contributed by atoms with Crippen molar-refractivity contribution in [1.82, 2.24) is 55.3 Å². The summed E-state index contributed by atoms with van der Waals surface area (Å²) < 4.78 is 4.71. The lowest BCUT2D eigenvalue weighted by Gasteiger charge is -2.02. The molecule has 5 aromatic heterocycles. The molecular weight excluding hydrogens is 618 g/mol. The number of ether oxygens (including phenoxy) is 1. The fraction of sp³-hybridized carbons (Fsp3) is 0.0968. The minimum absolute atomic E-state index is 0.333. The van der Waals surface area contributed by atoms with Crippen LogP contribution in [0.3, 0.4) is 0 Å². The third-order valence-electron chi connectivity index (χ3n) is 6.58. The Morgan fingerprint density at radius 3 is 1.77 bits per heavy atom. The molecule has 242 valence electrons. The van der Waals surface area contributed by atoms with Crippen molar-refractivity contribution in [2.45, 2.75) is 12.8 Å². The van der Waals surface area contributed by atoms with E-state index in [9.17, 15) is 9.59 Å². The largest absolute Gasteiger partial charge is 0.465 e. The minimum Gasteiger partial charge on any atom is -0.465 e. The molecular formula is C31H29N13O4. The fourth-order valence-corrected chi connectivity index (χ4v) is 4.34. The van der Waals surface area contributed by atoms with Crippen LogP contribution in [0.15, 0.2) is 86.1 Å². The van der Waals surface area contributed by atoms with Crippen molar-refractivity contribution in [2.75, 3.05) is 18.6 Å². The monoisotopic (exact) mass is 647 g/mol. The van der Waals surface area contributed by atoms with Crippen LogP contribution in [0.4, 0.5) is 11.5 Å². The maximum absolute atomic E-state index is 11.5.